The molecule has 20 heavy (non-hydrogen) atoms. The molecule has 0 unspecified atom stereocenters. The molecule has 0 saturated heterocycles. The van der Waals surface area contributed by atoms with Crippen LogP contribution >= 0.6 is 0 Å². The normalized spacial score (nSPS) is 19.6. The van der Waals surface area contributed by atoms with Gasteiger partial charge in [-0.25, -0.2) is 0 Å². The summed E-state index contributed by atoms with van der Waals surface area (Å²) in [6.45, 7) is 1.11. The highest BCUT2D eigenvalue weighted by Crippen LogP contribution is 2.46. The lowest BCUT2D eigenvalue weighted by Crippen LogP contribution is -2.43. The molecule has 1 aliphatic heterocycles. The summed E-state index contributed by atoms with van der Waals surface area (Å²) < 4.78 is 7.41. The fourth-order valence-electron chi connectivity index (χ4n) is 3.87. The number of carbonyl (C=O) groups is 1. The minimum atomic E-state index is -0.376. The van der Waals surface area contributed by atoms with Gasteiger partial charge in [0.25, 0.3) is 0 Å². The van der Waals surface area contributed by atoms with Gasteiger partial charge in [-0.15, -0.1) is 0 Å². The topological polar surface area (TPSA) is 31.2 Å². The summed E-state index contributed by atoms with van der Waals surface area (Å²) in [7, 11) is 1.50. The van der Waals surface area contributed by atoms with Crippen molar-refractivity contribution in [1.29, 1.82) is 0 Å². The molecule has 1 saturated carbocycles. The molecule has 4 rings (SSSR count). The number of aromatic nitrogens is 1. The summed E-state index contributed by atoms with van der Waals surface area (Å²) in [5, 5.41) is 1.27. The molecule has 2 aromatic rings. The van der Waals surface area contributed by atoms with Crippen LogP contribution < -0.4 is 0 Å². The Morgan fingerprint density at radius 1 is 1.30 bits per heavy atom. The zero-order chi connectivity index (χ0) is 13.7. The van der Waals surface area contributed by atoms with E-state index in [1.54, 1.807) is 0 Å². The third kappa shape index (κ3) is 1.43. The van der Waals surface area contributed by atoms with Crippen molar-refractivity contribution in [2.75, 3.05) is 7.11 Å². The van der Waals surface area contributed by atoms with Crippen LogP contribution in [0.1, 0.15) is 36.8 Å². The second kappa shape index (κ2) is 4.11. The summed E-state index contributed by atoms with van der Waals surface area (Å²) in [5.41, 5.74) is 3.54. The Bertz CT molecular complexity index is 694. The molecule has 2 aliphatic rings. The van der Waals surface area contributed by atoms with Crippen molar-refractivity contribution in [3.63, 3.8) is 0 Å². The Balaban J connectivity index is 1.91. The Morgan fingerprint density at radius 2 is 2.15 bits per heavy atom. The maximum absolute atomic E-state index is 12.2. The molecule has 0 radical (unpaired) electrons. The van der Waals surface area contributed by atoms with E-state index in [0.29, 0.717) is 0 Å². The maximum atomic E-state index is 12.2. The number of rotatable bonds is 2. The molecule has 1 aromatic heterocycles. The zero-order valence-electron chi connectivity index (χ0n) is 11.8. The van der Waals surface area contributed by atoms with Crippen LogP contribution in [0.15, 0.2) is 24.4 Å². The van der Waals surface area contributed by atoms with Gasteiger partial charge in [0.15, 0.2) is 0 Å². The number of nitrogens with zero attached hydrogens (tertiary/aromatic N) is 1. The fourth-order valence-corrected chi connectivity index (χ4v) is 3.87. The van der Waals surface area contributed by atoms with E-state index >= 15 is 0 Å². The lowest BCUT2D eigenvalue weighted by atomic mass is 9.64. The summed E-state index contributed by atoms with van der Waals surface area (Å²) in [6, 6.07) is 6.64. The predicted octanol–water partition coefficient (Wildman–Crippen LogP) is 3.18. The van der Waals surface area contributed by atoms with Gasteiger partial charge in [-0.1, -0.05) is 12.5 Å². The summed E-state index contributed by atoms with van der Waals surface area (Å²) in [5.74, 6) is -0.0643. The van der Waals surface area contributed by atoms with Gasteiger partial charge in [0.1, 0.15) is 0 Å². The van der Waals surface area contributed by atoms with Crippen molar-refractivity contribution in [2.24, 2.45) is 0 Å². The van der Waals surface area contributed by atoms with Gasteiger partial charge < -0.3 is 9.30 Å². The van der Waals surface area contributed by atoms with Crippen molar-refractivity contribution >= 4 is 16.9 Å². The smallest absolute Gasteiger partial charge is 0.316 e. The largest absolute Gasteiger partial charge is 0.468 e. The van der Waals surface area contributed by atoms with Crippen molar-refractivity contribution in [1.82, 2.24) is 4.57 Å². The molecule has 1 aromatic carbocycles. The second-order valence-corrected chi connectivity index (χ2v) is 6.11. The van der Waals surface area contributed by atoms with Gasteiger partial charge in [0.2, 0.25) is 0 Å². The van der Waals surface area contributed by atoms with Gasteiger partial charge in [0.05, 0.1) is 18.0 Å². The molecule has 1 aliphatic carbocycles. The first kappa shape index (κ1) is 12.0. The standard InChI is InChI=1S/C17H19NO2/c1-20-16(19)17(6-3-7-17)14-10-12-4-2-8-18-9-5-13(11-14)15(12)18/h5,9-11H,2-4,6-8H2,1H3. The minimum Gasteiger partial charge on any atom is -0.468 e. The Hall–Kier alpha value is -1.77. The summed E-state index contributed by atoms with van der Waals surface area (Å²) in [4.78, 5) is 12.2. The fraction of sp³-hybridized carbons (Fsp3) is 0.471. The summed E-state index contributed by atoms with van der Waals surface area (Å²) >= 11 is 0. The number of hydrogen-bond donors (Lipinski definition) is 0. The lowest BCUT2D eigenvalue weighted by Gasteiger charge is -2.39. The predicted molar refractivity (Wildman–Crippen MR) is 77.8 cm³/mol. The molecule has 0 amide bonds. The number of benzene rings is 1. The van der Waals surface area contributed by atoms with Crippen LogP contribution in [0.4, 0.5) is 0 Å². The molecule has 0 bridgehead atoms. The highest BCUT2D eigenvalue weighted by atomic mass is 16.5. The van der Waals surface area contributed by atoms with Crippen LogP contribution in [0.25, 0.3) is 10.9 Å². The van der Waals surface area contributed by atoms with Gasteiger partial charge in [-0.3, -0.25) is 4.79 Å². The van der Waals surface area contributed by atoms with E-state index in [-0.39, 0.29) is 11.4 Å². The van der Waals surface area contributed by atoms with Gasteiger partial charge >= 0.3 is 5.97 Å². The van der Waals surface area contributed by atoms with E-state index in [4.69, 9.17) is 4.74 Å². The highest BCUT2D eigenvalue weighted by Gasteiger charge is 2.47. The van der Waals surface area contributed by atoms with Crippen molar-refractivity contribution < 1.29 is 9.53 Å². The molecule has 0 N–H and O–H groups in total. The first-order valence-electron chi connectivity index (χ1n) is 7.45. The van der Waals surface area contributed by atoms with Crippen LogP contribution in [-0.4, -0.2) is 17.6 Å². The number of carbonyl (C=O) groups excluding carboxylic acids is 1. The first-order chi connectivity index (χ1) is 9.74. The van der Waals surface area contributed by atoms with E-state index in [2.05, 4.69) is 29.0 Å². The second-order valence-electron chi connectivity index (χ2n) is 6.11. The Morgan fingerprint density at radius 3 is 2.85 bits per heavy atom. The SMILES string of the molecule is COC(=O)C1(c2cc3c4c(ccn4CCC3)c2)CCC1. The molecule has 0 atom stereocenters. The van der Waals surface area contributed by atoms with Gasteiger partial charge in [0, 0.05) is 18.1 Å². The van der Waals surface area contributed by atoms with E-state index in [1.807, 2.05) is 0 Å². The number of aryl methyl sites for hydroxylation is 2. The Labute approximate surface area is 118 Å². The van der Waals surface area contributed by atoms with Crippen molar-refractivity contribution in [3.8, 4) is 0 Å². The highest BCUT2D eigenvalue weighted by molar-refractivity contribution is 5.90. The molecule has 1 fully saturated rings. The third-order valence-electron chi connectivity index (χ3n) is 5.12. The third-order valence-corrected chi connectivity index (χ3v) is 5.12. The van der Waals surface area contributed by atoms with Gasteiger partial charge in [-0.05, 0) is 48.9 Å². The van der Waals surface area contributed by atoms with Crippen LogP contribution in [0.3, 0.4) is 0 Å². The zero-order valence-corrected chi connectivity index (χ0v) is 11.8. The quantitative estimate of drug-likeness (QED) is 0.784. The van der Waals surface area contributed by atoms with E-state index in [9.17, 15) is 4.79 Å². The van der Waals surface area contributed by atoms with Crippen LogP contribution in [-0.2, 0) is 27.9 Å². The van der Waals surface area contributed by atoms with Gasteiger partial charge in [-0.2, -0.15) is 0 Å². The molecule has 2 heterocycles. The minimum absolute atomic E-state index is 0.0643. The van der Waals surface area contributed by atoms with E-state index in [0.717, 1.165) is 37.8 Å². The Kier molecular flexibility index (Phi) is 2.47. The molecule has 3 nitrogen and oxygen atoms in total. The average molecular weight is 269 g/mol. The molecular formula is C17H19NO2. The van der Waals surface area contributed by atoms with Crippen molar-refractivity contribution in [2.45, 2.75) is 44.1 Å². The lowest BCUT2D eigenvalue weighted by molar-refractivity contribution is -0.151. The van der Waals surface area contributed by atoms with Crippen LogP contribution in [0.5, 0.6) is 0 Å². The number of methoxy groups -OCH3 is 1. The number of ether oxygens (including phenoxy) is 1. The van der Waals surface area contributed by atoms with Crippen molar-refractivity contribution in [3.05, 3.63) is 35.5 Å². The molecule has 104 valence electrons. The monoisotopic (exact) mass is 269 g/mol. The number of hydrogen-bond acceptors (Lipinski definition) is 2. The van der Waals surface area contributed by atoms with Crippen LogP contribution in [0, 0.1) is 0 Å². The average Bonchev–Trinajstić information content (AvgIpc) is 2.83. The molecule has 3 heteroatoms. The van der Waals surface area contributed by atoms with E-state index in [1.165, 1.54) is 30.0 Å². The molecule has 0 spiro atoms. The maximum Gasteiger partial charge on any atom is 0.316 e. The van der Waals surface area contributed by atoms with Crippen LogP contribution in [0.2, 0.25) is 0 Å². The number of esters is 1. The summed E-state index contributed by atoms with van der Waals surface area (Å²) in [6.07, 6.45) is 7.43. The molecular weight excluding hydrogens is 250 g/mol. The first-order valence-corrected chi connectivity index (χ1v) is 7.45. The van der Waals surface area contributed by atoms with E-state index < -0.39 is 0 Å².